The lowest BCUT2D eigenvalue weighted by Gasteiger charge is -2.13. The summed E-state index contributed by atoms with van der Waals surface area (Å²) in [7, 11) is -4.90. The zero-order valence-electron chi connectivity index (χ0n) is 9.47. The van der Waals surface area contributed by atoms with Gasteiger partial charge in [-0.05, 0) is 0 Å². The smallest absolute Gasteiger partial charge is 0.396 e. The van der Waals surface area contributed by atoms with Gasteiger partial charge in [0.25, 0.3) is 6.43 Å². The van der Waals surface area contributed by atoms with Gasteiger partial charge < -0.3 is 4.74 Å². The summed E-state index contributed by atoms with van der Waals surface area (Å²) >= 11 is 0. The largest absolute Gasteiger partial charge is 0.573 e. The van der Waals surface area contributed by atoms with Gasteiger partial charge >= 0.3 is 12.0 Å². The molecule has 0 aliphatic rings. The molecule has 0 aliphatic heterocycles. The van der Waals surface area contributed by atoms with Crippen molar-refractivity contribution < 1.29 is 40.0 Å². The molecule has 8 nitrogen and oxygen atoms in total. The fraction of sp³-hybridized carbons (Fsp3) is 0.286. The van der Waals surface area contributed by atoms with E-state index in [1.54, 1.807) is 0 Å². The predicted molar refractivity (Wildman–Crippen MR) is 53.9 cm³/mol. The van der Waals surface area contributed by atoms with E-state index >= 15 is 0 Å². The van der Waals surface area contributed by atoms with Crippen LogP contribution in [0.2, 0.25) is 0 Å². The van der Waals surface area contributed by atoms with E-state index in [0.717, 1.165) is 0 Å². The number of primary sulfonamides is 1. The highest BCUT2D eigenvalue weighted by Crippen LogP contribution is 2.41. The Morgan fingerprint density at radius 3 is 2.24 bits per heavy atom. The molecule has 0 saturated carbocycles. The third-order valence-electron chi connectivity index (χ3n) is 1.92. The lowest BCUT2D eigenvalue weighted by Crippen LogP contribution is -2.22. The molecule has 14 heteroatoms. The number of halogens is 5. The molecule has 0 spiro atoms. The van der Waals surface area contributed by atoms with Crippen LogP contribution in [0.15, 0.2) is 11.1 Å². The summed E-state index contributed by atoms with van der Waals surface area (Å²) in [5, 5.41) is 15.3. The number of ether oxygens (including phenoxy) is 1. The molecule has 0 aliphatic carbocycles. The summed E-state index contributed by atoms with van der Waals surface area (Å²) in [6, 6.07) is 0. The monoisotopic (exact) mass is 337 g/mol. The molecule has 0 aromatic carbocycles. The summed E-state index contributed by atoms with van der Waals surface area (Å²) < 4.78 is 86.8. The molecule has 1 heterocycles. The van der Waals surface area contributed by atoms with Gasteiger partial charge in [-0.1, -0.05) is 0 Å². The van der Waals surface area contributed by atoms with Crippen molar-refractivity contribution in [1.29, 1.82) is 0 Å². The minimum atomic E-state index is -5.59. The summed E-state index contributed by atoms with van der Waals surface area (Å²) in [5.74, 6) is -2.03. The van der Waals surface area contributed by atoms with E-state index in [-0.39, 0.29) is 6.20 Å². The zero-order chi connectivity index (χ0) is 16.6. The molecule has 1 aromatic rings. The number of pyridine rings is 1. The van der Waals surface area contributed by atoms with Gasteiger partial charge in [-0.3, -0.25) is 10.1 Å². The minimum absolute atomic E-state index is 0.0538. The second kappa shape index (κ2) is 5.36. The first kappa shape index (κ1) is 17.0. The van der Waals surface area contributed by atoms with Crippen LogP contribution in [0.25, 0.3) is 0 Å². The molecule has 1 rings (SSSR count). The van der Waals surface area contributed by atoms with Crippen LogP contribution in [0.4, 0.5) is 27.6 Å². The van der Waals surface area contributed by atoms with E-state index in [4.69, 9.17) is 0 Å². The molecule has 0 unspecified atom stereocenters. The zero-order valence-corrected chi connectivity index (χ0v) is 10.3. The van der Waals surface area contributed by atoms with Crippen molar-refractivity contribution in [3.63, 3.8) is 0 Å². The number of hydrogen-bond acceptors (Lipinski definition) is 6. The Hall–Kier alpha value is -2.09. The number of nitro groups is 1. The molecule has 0 fully saturated rings. The Balaban J connectivity index is 3.79. The Bertz CT molecular complexity index is 674. The Morgan fingerprint density at radius 2 is 1.90 bits per heavy atom. The lowest BCUT2D eigenvalue weighted by atomic mass is 10.3. The second-order valence-electron chi connectivity index (χ2n) is 3.34. The van der Waals surface area contributed by atoms with Crippen molar-refractivity contribution in [2.45, 2.75) is 17.7 Å². The number of sulfonamides is 1. The molecule has 0 bridgehead atoms. The van der Waals surface area contributed by atoms with Gasteiger partial charge in [-0.25, -0.2) is 27.3 Å². The maximum atomic E-state index is 12.6. The van der Waals surface area contributed by atoms with Crippen LogP contribution in [-0.4, -0.2) is 24.7 Å². The van der Waals surface area contributed by atoms with Crippen molar-refractivity contribution in [2.24, 2.45) is 5.14 Å². The molecule has 0 amide bonds. The van der Waals surface area contributed by atoms with E-state index in [9.17, 15) is 40.5 Å². The molecule has 0 radical (unpaired) electrons. The fourth-order valence-corrected chi connectivity index (χ4v) is 1.87. The average Bonchev–Trinajstić information content (AvgIpc) is 2.23. The summed E-state index contributed by atoms with van der Waals surface area (Å²) in [4.78, 5) is 10.3. The first-order chi connectivity index (χ1) is 9.34. The number of aromatic nitrogens is 1. The van der Waals surface area contributed by atoms with E-state index < -0.39 is 49.8 Å². The van der Waals surface area contributed by atoms with Crippen LogP contribution in [0.5, 0.6) is 5.75 Å². The van der Waals surface area contributed by atoms with Gasteiger partial charge in [0.2, 0.25) is 15.8 Å². The minimum Gasteiger partial charge on any atom is -0.396 e. The third kappa shape index (κ3) is 3.94. The summed E-state index contributed by atoms with van der Waals surface area (Å²) in [6.07, 6.45) is -9.22. The van der Waals surface area contributed by atoms with Crippen molar-refractivity contribution in [3.8, 4) is 5.75 Å². The van der Waals surface area contributed by atoms with Gasteiger partial charge in [-0.15, -0.1) is 13.2 Å². The van der Waals surface area contributed by atoms with Crippen LogP contribution in [0, 0.1) is 10.1 Å². The number of nitrogens with two attached hydrogens (primary N) is 1. The number of alkyl halides is 5. The highest BCUT2D eigenvalue weighted by molar-refractivity contribution is 7.89. The average molecular weight is 337 g/mol. The van der Waals surface area contributed by atoms with E-state index in [0.29, 0.717) is 0 Å². The molecule has 0 atom stereocenters. The normalized spacial score (nSPS) is 12.5. The number of hydrogen-bond donors (Lipinski definition) is 1. The highest BCUT2D eigenvalue weighted by Gasteiger charge is 2.41. The molecular formula is C7H4F5N3O5S. The van der Waals surface area contributed by atoms with Gasteiger partial charge in [0.05, 0.1) is 11.1 Å². The number of rotatable bonds is 4. The maximum Gasteiger partial charge on any atom is 0.573 e. The Morgan fingerprint density at radius 1 is 1.38 bits per heavy atom. The van der Waals surface area contributed by atoms with Crippen molar-refractivity contribution in [3.05, 3.63) is 22.0 Å². The molecular weight excluding hydrogens is 333 g/mol. The maximum absolute atomic E-state index is 12.6. The van der Waals surface area contributed by atoms with Crippen LogP contribution < -0.4 is 9.88 Å². The topological polar surface area (TPSA) is 125 Å². The first-order valence-electron chi connectivity index (χ1n) is 4.58. The van der Waals surface area contributed by atoms with Gasteiger partial charge in [0, 0.05) is 0 Å². The summed E-state index contributed by atoms with van der Waals surface area (Å²) in [5.41, 5.74) is -3.62. The SMILES string of the molecule is NS(=O)(=O)c1cnc(C(F)F)c(OC(F)(F)F)c1[N+](=O)[O-]. The van der Waals surface area contributed by atoms with Crippen LogP contribution in [0.3, 0.4) is 0 Å². The van der Waals surface area contributed by atoms with Crippen LogP contribution in [-0.2, 0) is 10.0 Å². The van der Waals surface area contributed by atoms with Crippen LogP contribution >= 0.6 is 0 Å². The van der Waals surface area contributed by atoms with Crippen molar-refractivity contribution >= 4 is 15.7 Å². The third-order valence-corrected chi connectivity index (χ3v) is 2.83. The van der Waals surface area contributed by atoms with E-state index in [1.807, 2.05) is 0 Å². The summed E-state index contributed by atoms with van der Waals surface area (Å²) in [6.45, 7) is 0. The predicted octanol–water partition coefficient (Wildman–Crippen LogP) is 1.47. The molecule has 1 aromatic heterocycles. The fourth-order valence-electron chi connectivity index (χ4n) is 1.23. The molecule has 0 saturated heterocycles. The van der Waals surface area contributed by atoms with Crippen molar-refractivity contribution in [1.82, 2.24) is 4.98 Å². The second-order valence-corrected chi connectivity index (χ2v) is 4.87. The van der Waals surface area contributed by atoms with Crippen molar-refractivity contribution in [2.75, 3.05) is 0 Å². The quantitative estimate of drug-likeness (QED) is 0.504. The molecule has 118 valence electrons. The van der Waals surface area contributed by atoms with Gasteiger partial charge in [0.1, 0.15) is 0 Å². The van der Waals surface area contributed by atoms with Gasteiger partial charge in [-0.2, -0.15) is 0 Å². The molecule has 21 heavy (non-hydrogen) atoms. The lowest BCUT2D eigenvalue weighted by molar-refractivity contribution is -0.391. The Kier molecular flexibility index (Phi) is 4.33. The van der Waals surface area contributed by atoms with Crippen LogP contribution in [0.1, 0.15) is 12.1 Å². The standard InChI is InChI=1S/C7H4F5N3O5S/c8-6(9)3-5(20-7(10,11)12)4(15(16)17)2(1-14-3)21(13,18)19/h1,6H,(H2,13,18,19). The Labute approximate surface area is 112 Å². The highest BCUT2D eigenvalue weighted by atomic mass is 32.2. The molecule has 2 N–H and O–H groups in total. The van der Waals surface area contributed by atoms with E-state index in [2.05, 4.69) is 14.9 Å². The first-order valence-corrected chi connectivity index (χ1v) is 6.13. The van der Waals surface area contributed by atoms with Gasteiger partial charge in [0.15, 0.2) is 10.6 Å². The number of nitrogens with zero attached hydrogens (tertiary/aromatic N) is 2. The van der Waals surface area contributed by atoms with E-state index in [1.165, 1.54) is 0 Å².